The van der Waals surface area contributed by atoms with Gasteiger partial charge in [-0.25, -0.2) is 14.6 Å². The molecule has 15 heteroatoms. The number of ether oxygens (including phenoxy) is 1. The van der Waals surface area contributed by atoms with Gasteiger partial charge < -0.3 is 20.3 Å². The van der Waals surface area contributed by atoms with E-state index in [0.717, 1.165) is 13.2 Å². The zero-order valence-electron chi connectivity index (χ0n) is 18.5. The van der Waals surface area contributed by atoms with Gasteiger partial charge in [0.05, 0.1) is 17.3 Å². The summed E-state index contributed by atoms with van der Waals surface area (Å²) < 4.78 is 68.9. The number of methoxy groups -OCH3 is 1. The van der Waals surface area contributed by atoms with Crippen LogP contribution in [-0.2, 0) is 20.9 Å². The minimum atomic E-state index is -5.08. The second-order valence-electron chi connectivity index (χ2n) is 7.93. The van der Waals surface area contributed by atoms with Gasteiger partial charge in [-0.1, -0.05) is 0 Å². The molecule has 1 aromatic rings. The number of nitrogens with one attached hydrogen (secondary N) is 1. The van der Waals surface area contributed by atoms with Crippen LogP contribution in [0.15, 0.2) is 5.38 Å². The van der Waals surface area contributed by atoms with Crippen molar-refractivity contribution in [3.05, 3.63) is 16.1 Å². The maximum absolute atomic E-state index is 10.6. The second kappa shape index (κ2) is 12.7. The Morgan fingerprint density at radius 2 is 1.68 bits per heavy atom. The monoisotopic (exact) mass is 523 g/mol. The van der Waals surface area contributed by atoms with Crippen LogP contribution in [0.2, 0.25) is 0 Å². The van der Waals surface area contributed by atoms with Crippen LogP contribution in [0.3, 0.4) is 0 Å². The molecule has 2 saturated heterocycles. The first kappa shape index (κ1) is 30.1. The van der Waals surface area contributed by atoms with Gasteiger partial charge >= 0.3 is 24.3 Å². The molecule has 1 spiro atoms. The lowest BCUT2D eigenvalue weighted by molar-refractivity contribution is -0.193. The van der Waals surface area contributed by atoms with Crippen molar-refractivity contribution in [1.29, 1.82) is 0 Å². The number of rotatable bonds is 4. The number of halogens is 6. The molecule has 196 valence electrons. The van der Waals surface area contributed by atoms with Gasteiger partial charge in [0.1, 0.15) is 0 Å². The van der Waals surface area contributed by atoms with Gasteiger partial charge in [0.15, 0.2) is 0 Å². The quantitative estimate of drug-likeness (QED) is 0.516. The summed E-state index contributed by atoms with van der Waals surface area (Å²) in [5.41, 5.74) is 1.74. The summed E-state index contributed by atoms with van der Waals surface area (Å²) in [7, 11) is 1.82. The van der Waals surface area contributed by atoms with Crippen molar-refractivity contribution in [3.8, 4) is 0 Å². The highest BCUT2D eigenvalue weighted by Gasteiger charge is 2.44. The van der Waals surface area contributed by atoms with Crippen molar-refractivity contribution in [2.24, 2.45) is 5.41 Å². The Bertz CT molecular complexity index is 772. The Kier molecular flexibility index (Phi) is 11.2. The molecule has 2 aliphatic heterocycles. The largest absolute Gasteiger partial charge is 0.490 e. The summed E-state index contributed by atoms with van der Waals surface area (Å²) in [6.45, 7) is 7.46. The zero-order valence-corrected chi connectivity index (χ0v) is 19.3. The summed E-state index contributed by atoms with van der Waals surface area (Å²) in [6.07, 6.45) is -6.27. The van der Waals surface area contributed by atoms with E-state index in [1.165, 1.54) is 49.6 Å². The molecule has 3 heterocycles. The fourth-order valence-corrected chi connectivity index (χ4v) is 4.41. The van der Waals surface area contributed by atoms with Crippen LogP contribution >= 0.6 is 11.3 Å². The van der Waals surface area contributed by atoms with E-state index < -0.39 is 24.3 Å². The molecule has 2 aliphatic rings. The van der Waals surface area contributed by atoms with E-state index in [4.69, 9.17) is 24.5 Å². The molecule has 0 radical (unpaired) electrons. The topological polar surface area (TPSA) is 112 Å². The number of aliphatic carboxylic acids is 2. The molecule has 1 unspecified atom stereocenters. The van der Waals surface area contributed by atoms with Crippen molar-refractivity contribution in [1.82, 2.24) is 15.2 Å². The SMILES string of the molecule is COCC1CC2(CCNCC2)CN1Cc1csc(C)n1.O=C(O)C(F)(F)F.O=C(O)C(F)(F)F. The minimum Gasteiger partial charge on any atom is -0.475 e. The van der Waals surface area contributed by atoms with Gasteiger partial charge in [0, 0.05) is 31.6 Å². The fourth-order valence-electron chi connectivity index (χ4n) is 3.80. The number of nitrogens with zero attached hydrogens (tertiary/aromatic N) is 2. The number of likely N-dealkylation sites (tertiary alicyclic amines) is 1. The zero-order chi connectivity index (χ0) is 26.2. The van der Waals surface area contributed by atoms with E-state index in [2.05, 4.69) is 27.5 Å². The number of carboxylic acid groups (broad SMARTS) is 2. The number of hydrogen-bond acceptors (Lipinski definition) is 7. The maximum atomic E-state index is 10.6. The van der Waals surface area contributed by atoms with Crippen LogP contribution in [0.25, 0.3) is 0 Å². The molecule has 3 rings (SSSR count). The van der Waals surface area contributed by atoms with Gasteiger partial charge in [-0.05, 0) is 44.7 Å². The van der Waals surface area contributed by atoms with Crippen LogP contribution in [0.5, 0.6) is 0 Å². The van der Waals surface area contributed by atoms with Crippen LogP contribution < -0.4 is 5.32 Å². The number of thiazole rings is 1. The number of piperidine rings is 1. The van der Waals surface area contributed by atoms with E-state index in [1.807, 2.05) is 7.11 Å². The molecule has 0 amide bonds. The average molecular weight is 523 g/mol. The summed E-state index contributed by atoms with van der Waals surface area (Å²) in [4.78, 5) is 25.0. The molecule has 0 aliphatic carbocycles. The lowest BCUT2D eigenvalue weighted by atomic mass is 9.77. The number of aryl methyl sites for hydroxylation is 1. The summed E-state index contributed by atoms with van der Waals surface area (Å²) in [6, 6.07) is 0.556. The van der Waals surface area contributed by atoms with E-state index in [0.29, 0.717) is 11.5 Å². The number of carbonyl (C=O) groups is 2. The predicted octanol–water partition coefficient (Wildman–Crippen LogP) is 3.31. The molecule has 0 saturated carbocycles. The highest BCUT2D eigenvalue weighted by molar-refractivity contribution is 7.09. The van der Waals surface area contributed by atoms with Crippen LogP contribution in [0.4, 0.5) is 26.3 Å². The van der Waals surface area contributed by atoms with Crippen molar-refractivity contribution in [3.63, 3.8) is 0 Å². The number of carboxylic acids is 2. The summed E-state index contributed by atoms with van der Waals surface area (Å²) in [5, 5.41) is 21.1. The second-order valence-corrected chi connectivity index (χ2v) is 8.99. The lowest BCUT2D eigenvalue weighted by Gasteiger charge is -2.33. The van der Waals surface area contributed by atoms with Gasteiger partial charge in [-0.15, -0.1) is 11.3 Å². The standard InChI is InChI=1S/C15H25N3OS.2C2HF3O2/c1-12-17-13(10-20-12)8-18-11-15(3-5-16-6-4-15)7-14(18)9-19-2;2*3-2(4,5)1(6)7/h10,14,16H,3-9,11H2,1-2H3;2*(H,6,7). The molecule has 34 heavy (non-hydrogen) atoms. The fraction of sp³-hybridized carbons (Fsp3) is 0.737. The van der Waals surface area contributed by atoms with E-state index in [1.54, 1.807) is 11.3 Å². The Hall–Kier alpha value is -1.97. The van der Waals surface area contributed by atoms with E-state index in [9.17, 15) is 26.3 Å². The molecular weight excluding hydrogens is 496 g/mol. The molecule has 1 aromatic heterocycles. The average Bonchev–Trinajstić information content (AvgIpc) is 3.25. The van der Waals surface area contributed by atoms with Gasteiger partial charge in [0.2, 0.25) is 0 Å². The van der Waals surface area contributed by atoms with Crippen LogP contribution in [0.1, 0.15) is 30.0 Å². The van der Waals surface area contributed by atoms with Crippen LogP contribution in [0, 0.1) is 12.3 Å². The van der Waals surface area contributed by atoms with E-state index >= 15 is 0 Å². The van der Waals surface area contributed by atoms with Crippen molar-refractivity contribution in [2.75, 3.05) is 33.4 Å². The Balaban J connectivity index is 0.000000343. The van der Waals surface area contributed by atoms with E-state index in [-0.39, 0.29) is 0 Å². The Morgan fingerprint density at radius 3 is 2.06 bits per heavy atom. The lowest BCUT2D eigenvalue weighted by Crippen LogP contribution is -2.38. The third-order valence-corrected chi connectivity index (χ3v) is 6.09. The third kappa shape index (κ3) is 10.1. The normalized spacial score (nSPS) is 20.2. The Labute approximate surface area is 195 Å². The van der Waals surface area contributed by atoms with Crippen molar-refractivity contribution < 1.29 is 50.9 Å². The first-order chi connectivity index (χ1) is 15.6. The number of alkyl halides is 6. The molecular formula is C19H27F6N3O5S. The van der Waals surface area contributed by atoms with Gasteiger partial charge in [-0.2, -0.15) is 26.3 Å². The minimum absolute atomic E-state index is 0.513. The molecule has 3 N–H and O–H groups in total. The smallest absolute Gasteiger partial charge is 0.475 e. The molecule has 8 nitrogen and oxygen atoms in total. The van der Waals surface area contributed by atoms with Crippen LogP contribution in [-0.4, -0.2) is 83.8 Å². The number of aromatic nitrogens is 1. The summed E-state index contributed by atoms with van der Waals surface area (Å²) >= 11 is 1.75. The van der Waals surface area contributed by atoms with Crippen molar-refractivity contribution in [2.45, 2.75) is 51.1 Å². The molecule has 1 atom stereocenters. The molecule has 0 bridgehead atoms. The van der Waals surface area contributed by atoms with Crippen molar-refractivity contribution >= 4 is 23.3 Å². The van der Waals surface area contributed by atoms with Gasteiger partial charge in [0.25, 0.3) is 0 Å². The predicted molar refractivity (Wildman–Crippen MR) is 109 cm³/mol. The third-order valence-electron chi connectivity index (χ3n) is 5.26. The number of hydrogen-bond donors (Lipinski definition) is 3. The highest BCUT2D eigenvalue weighted by Crippen LogP contribution is 2.42. The first-order valence-corrected chi connectivity index (χ1v) is 10.9. The molecule has 2 fully saturated rings. The highest BCUT2D eigenvalue weighted by atomic mass is 32.1. The maximum Gasteiger partial charge on any atom is 0.490 e. The summed E-state index contributed by atoms with van der Waals surface area (Å²) in [5.74, 6) is -5.51. The van der Waals surface area contributed by atoms with Gasteiger partial charge in [-0.3, -0.25) is 4.90 Å². The molecule has 0 aromatic carbocycles. The Morgan fingerprint density at radius 1 is 1.18 bits per heavy atom. The first-order valence-electron chi connectivity index (χ1n) is 10.0.